The molecule has 2 aromatic rings. The number of rotatable bonds is 5. The van der Waals surface area contributed by atoms with Crippen molar-refractivity contribution in [2.75, 3.05) is 21.1 Å². The Morgan fingerprint density at radius 2 is 1.62 bits per heavy atom. The third-order valence-corrected chi connectivity index (χ3v) is 5.77. The van der Waals surface area contributed by atoms with E-state index < -0.39 is 0 Å². The second kappa shape index (κ2) is 8.97. The van der Waals surface area contributed by atoms with Crippen molar-refractivity contribution in [2.45, 2.75) is 51.1 Å². The Labute approximate surface area is 174 Å². The van der Waals surface area contributed by atoms with Crippen molar-refractivity contribution in [3.63, 3.8) is 0 Å². The molecule has 1 saturated carbocycles. The van der Waals surface area contributed by atoms with Crippen LogP contribution < -0.4 is 4.74 Å². The lowest BCUT2D eigenvalue weighted by atomic mass is 9.81. The third-order valence-electron chi connectivity index (χ3n) is 5.77. The van der Waals surface area contributed by atoms with Crippen LogP contribution in [-0.4, -0.2) is 42.8 Å². The first kappa shape index (κ1) is 21.3. The zero-order valence-corrected chi connectivity index (χ0v) is 17.9. The Morgan fingerprint density at radius 3 is 2.17 bits per heavy atom. The van der Waals surface area contributed by atoms with Crippen LogP contribution in [0, 0.1) is 12.1 Å². The molecule has 5 nitrogen and oxygen atoms in total. The molecule has 0 aromatic heterocycles. The fourth-order valence-corrected chi connectivity index (χ4v) is 4.06. The number of quaternary nitrogens is 1. The molecule has 1 aliphatic rings. The van der Waals surface area contributed by atoms with Gasteiger partial charge in [0.25, 0.3) is 0 Å². The van der Waals surface area contributed by atoms with E-state index in [2.05, 4.69) is 24.3 Å². The maximum Gasteiger partial charge on any atom is 0.415 e. The van der Waals surface area contributed by atoms with Gasteiger partial charge in [-0.15, -0.1) is 0 Å². The first-order valence-electron chi connectivity index (χ1n) is 10.4. The van der Waals surface area contributed by atoms with Crippen molar-refractivity contribution in [2.24, 2.45) is 0 Å². The second-order valence-electron chi connectivity index (χ2n) is 8.77. The Morgan fingerprint density at radius 1 is 1.03 bits per heavy atom. The van der Waals surface area contributed by atoms with Crippen molar-refractivity contribution in [3.05, 3.63) is 70.4 Å². The fraction of sp³-hybridized carbons (Fsp3) is 0.458. The number of aryl methyl sites for hydroxylation is 1. The summed E-state index contributed by atoms with van der Waals surface area (Å²) in [5.41, 5.74) is 3.54. The number of carbonyl (C=O) groups excluding carboxylic acids is 1. The molecule has 0 heterocycles. The summed E-state index contributed by atoms with van der Waals surface area (Å²) in [6.45, 7) is 2.49. The smallest absolute Gasteiger partial charge is 0.415 e. The molecule has 0 bridgehead atoms. The van der Waals surface area contributed by atoms with E-state index in [-0.39, 0.29) is 16.8 Å². The molecule has 5 heteroatoms. The molecule has 0 radical (unpaired) electrons. The van der Waals surface area contributed by atoms with E-state index in [9.17, 15) is 10.0 Å². The number of hydrogen-bond donors (Lipinski definition) is 0. The van der Waals surface area contributed by atoms with Crippen LogP contribution in [0.15, 0.2) is 48.5 Å². The summed E-state index contributed by atoms with van der Waals surface area (Å²) < 4.78 is 5.20. The number of nitrogens with zero attached hydrogens (tertiary/aromatic N) is 2. The molecule has 2 aromatic carbocycles. The molecule has 0 atom stereocenters. The average molecular weight is 397 g/mol. The van der Waals surface area contributed by atoms with Crippen LogP contribution in [0.1, 0.15) is 48.3 Å². The summed E-state index contributed by atoms with van der Waals surface area (Å²) in [7, 11) is 5.16. The Bertz CT molecular complexity index is 802. The summed E-state index contributed by atoms with van der Waals surface area (Å²) in [6.07, 6.45) is 3.75. The van der Waals surface area contributed by atoms with Gasteiger partial charge in [0.05, 0.1) is 14.1 Å². The zero-order valence-electron chi connectivity index (χ0n) is 17.9. The number of benzene rings is 2. The number of amides is 1. The van der Waals surface area contributed by atoms with Crippen LogP contribution in [0.5, 0.6) is 5.75 Å². The fourth-order valence-electron chi connectivity index (χ4n) is 4.06. The van der Waals surface area contributed by atoms with Crippen LogP contribution in [0.4, 0.5) is 4.79 Å². The van der Waals surface area contributed by atoms with E-state index in [4.69, 9.17) is 4.74 Å². The summed E-state index contributed by atoms with van der Waals surface area (Å²) in [4.78, 5) is 14.2. The van der Waals surface area contributed by atoms with Crippen molar-refractivity contribution in [1.29, 1.82) is 0 Å². The zero-order chi connectivity index (χ0) is 21.0. The van der Waals surface area contributed by atoms with Gasteiger partial charge >= 0.3 is 6.09 Å². The van der Waals surface area contributed by atoms with Crippen LogP contribution in [-0.2, 0) is 6.54 Å². The Hall–Kier alpha value is -2.37. The molecule has 0 unspecified atom stereocenters. The quantitative estimate of drug-likeness (QED) is 0.514. The molecule has 0 saturated heterocycles. The number of ether oxygens (including phenoxy) is 1. The van der Waals surface area contributed by atoms with E-state index in [1.165, 1.54) is 5.56 Å². The summed E-state index contributed by atoms with van der Waals surface area (Å²) in [6, 6.07) is 16.2. The highest BCUT2D eigenvalue weighted by molar-refractivity contribution is 5.70. The first-order chi connectivity index (χ1) is 13.7. The summed E-state index contributed by atoms with van der Waals surface area (Å²) >= 11 is 0. The number of carbonyl (C=O) groups is 1. The predicted molar refractivity (Wildman–Crippen MR) is 116 cm³/mol. The normalized spacial score (nSPS) is 19.6. The molecular weight excluding hydrogens is 364 g/mol. The van der Waals surface area contributed by atoms with Gasteiger partial charge in [-0.1, -0.05) is 42.0 Å². The Balaban J connectivity index is 1.51. The van der Waals surface area contributed by atoms with Crippen LogP contribution >= 0.6 is 0 Å². The van der Waals surface area contributed by atoms with E-state index in [0.717, 1.165) is 36.8 Å². The monoisotopic (exact) mass is 396 g/mol. The van der Waals surface area contributed by atoms with Crippen molar-refractivity contribution in [3.8, 4) is 5.75 Å². The van der Waals surface area contributed by atoms with E-state index in [1.54, 1.807) is 19.0 Å². The van der Waals surface area contributed by atoms with E-state index in [0.29, 0.717) is 18.2 Å². The van der Waals surface area contributed by atoms with Gasteiger partial charge in [0.15, 0.2) is 0 Å². The van der Waals surface area contributed by atoms with Crippen LogP contribution in [0.3, 0.4) is 0 Å². The lowest BCUT2D eigenvalue weighted by molar-refractivity contribution is -0.853. The maximum atomic E-state index is 12.5. The van der Waals surface area contributed by atoms with Crippen LogP contribution in [0.2, 0.25) is 0 Å². The molecule has 0 aliphatic heterocycles. The van der Waals surface area contributed by atoms with Gasteiger partial charge in [-0.3, -0.25) is 0 Å². The highest BCUT2D eigenvalue weighted by atomic mass is 16.6. The molecule has 0 N–H and O–H groups in total. The van der Waals surface area contributed by atoms with Gasteiger partial charge in [0.2, 0.25) is 0 Å². The molecule has 0 spiro atoms. The summed E-state index contributed by atoms with van der Waals surface area (Å²) in [5, 5.41) is 11.8. The minimum atomic E-state index is -0.310. The van der Waals surface area contributed by atoms with Gasteiger partial charge in [0.1, 0.15) is 12.3 Å². The number of hydroxylamine groups is 3. The minimum Gasteiger partial charge on any atom is -0.633 e. The lowest BCUT2D eigenvalue weighted by Gasteiger charge is -2.35. The molecule has 29 heavy (non-hydrogen) atoms. The second-order valence-corrected chi connectivity index (χ2v) is 8.77. The van der Waals surface area contributed by atoms with Crippen LogP contribution in [0.25, 0.3) is 0 Å². The molecular formula is C24H32N2O3. The predicted octanol–water partition coefficient (Wildman–Crippen LogP) is 5.23. The van der Waals surface area contributed by atoms with Crippen molar-refractivity contribution >= 4 is 6.09 Å². The molecule has 156 valence electrons. The maximum absolute atomic E-state index is 12.5. The minimum absolute atomic E-state index is 0.210. The van der Waals surface area contributed by atoms with Crippen molar-refractivity contribution < 1.29 is 14.2 Å². The molecule has 3 rings (SSSR count). The van der Waals surface area contributed by atoms with Gasteiger partial charge in [-0.2, -0.15) is 0 Å². The van der Waals surface area contributed by atoms with Gasteiger partial charge in [0, 0.05) is 18.7 Å². The SMILES string of the molecule is Cc1ccc(OC(=O)N(C)C2CCC(c3ccc(C[N+](C)(C)[O-])cc3)CC2)cc1. The Kier molecular flexibility index (Phi) is 6.60. The molecule has 1 amide bonds. The van der Waals surface area contributed by atoms with Gasteiger partial charge in [-0.25, -0.2) is 4.79 Å². The standard InChI is InChI=1S/C24H32N2O3/c1-18-5-15-23(16-6-18)29-24(27)25(2)22-13-11-21(12-14-22)20-9-7-19(8-10-20)17-26(3,4)28/h5-10,15-16,21-22H,11-14,17H2,1-4H3. The first-order valence-corrected chi connectivity index (χ1v) is 10.4. The van der Waals surface area contributed by atoms with E-state index >= 15 is 0 Å². The summed E-state index contributed by atoms with van der Waals surface area (Å²) in [5.74, 6) is 1.10. The number of hydrogen-bond acceptors (Lipinski definition) is 3. The topological polar surface area (TPSA) is 52.6 Å². The van der Waals surface area contributed by atoms with Gasteiger partial charge < -0.3 is 19.5 Å². The van der Waals surface area contributed by atoms with Crippen molar-refractivity contribution in [1.82, 2.24) is 4.90 Å². The molecule has 1 aliphatic carbocycles. The molecule has 1 fully saturated rings. The largest absolute Gasteiger partial charge is 0.633 e. The lowest BCUT2D eigenvalue weighted by Crippen LogP contribution is -2.40. The van der Waals surface area contributed by atoms with Gasteiger partial charge in [-0.05, 0) is 56.2 Å². The third kappa shape index (κ3) is 6.05. The highest BCUT2D eigenvalue weighted by Gasteiger charge is 2.28. The average Bonchev–Trinajstić information content (AvgIpc) is 2.69. The van der Waals surface area contributed by atoms with E-state index in [1.807, 2.05) is 38.2 Å². The highest BCUT2D eigenvalue weighted by Crippen LogP contribution is 2.35.